The van der Waals surface area contributed by atoms with Gasteiger partial charge < -0.3 is 14.5 Å². The standard InChI is InChI=1S/C19H23N5OS/c1-14-4-5-16-17(9-14)22-19(21-16)26-12-18(25)24-7-2-3-15(11-24)10-23-8-6-20-13-23/h4-6,8-9,13,15H,2-3,7,10-12H2,1H3,(H,21,22)/t15-/m0/s1. The van der Waals surface area contributed by atoms with Crippen LogP contribution < -0.4 is 0 Å². The molecule has 0 radical (unpaired) electrons. The Morgan fingerprint density at radius 2 is 2.35 bits per heavy atom. The smallest absolute Gasteiger partial charge is 0.233 e. The quantitative estimate of drug-likeness (QED) is 0.702. The molecule has 0 unspecified atom stereocenters. The van der Waals surface area contributed by atoms with Gasteiger partial charge in [-0.15, -0.1) is 0 Å². The average Bonchev–Trinajstić information content (AvgIpc) is 3.28. The summed E-state index contributed by atoms with van der Waals surface area (Å²) >= 11 is 1.49. The second-order valence-corrected chi connectivity index (χ2v) is 7.92. The molecular weight excluding hydrogens is 346 g/mol. The van der Waals surface area contributed by atoms with Crippen LogP contribution in [-0.2, 0) is 11.3 Å². The van der Waals surface area contributed by atoms with E-state index in [1.54, 1.807) is 6.20 Å². The molecule has 1 saturated heterocycles. The van der Waals surface area contributed by atoms with E-state index in [-0.39, 0.29) is 5.91 Å². The Hall–Kier alpha value is -2.28. The van der Waals surface area contributed by atoms with Crippen LogP contribution in [0, 0.1) is 12.8 Å². The summed E-state index contributed by atoms with van der Waals surface area (Å²) in [6.45, 7) is 4.68. The molecule has 7 heteroatoms. The van der Waals surface area contributed by atoms with E-state index in [0.717, 1.165) is 48.7 Å². The first-order chi connectivity index (χ1) is 12.7. The number of thioether (sulfide) groups is 1. The number of carbonyl (C=O) groups is 1. The summed E-state index contributed by atoms with van der Waals surface area (Å²) in [5, 5.41) is 0.811. The molecule has 1 aliphatic heterocycles. The maximum atomic E-state index is 12.6. The van der Waals surface area contributed by atoms with Crippen LogP contribution in [0.25, 0.3) is 11.0 Å². The van der Waals surface area contributed by atoms with Crippen LogP contribution in [0.1, 0.15) is 18.4 Å². The van der Waals surface area contributed by atoms with Crippen LogP contribution in [0.15, 0.2) is 42.1 Å². The van der Waals surface area contributed by atoms with Gasteiger partial charge in [-0.25, -0.2) is 9.97 Å². The van der Waals surface area contributed by atoms with E-state index in [1.165, 1.54) is 17.3 Å². The number of fused-ring (bicyclic) bond motifs is 1. The molecule has 1 fully saturated rings. The summed E-state index contributed by atoms with van der Waals surface area (Å²) in [6.07, 6.45) is 7.87. The third kappa shape index (κ3) is 3.93. The highest BCUT2D eigenvalue weighted by Gasteiger charge is 2.24. The van der Waals surface area contributed by atoms with Crippen molar-refractivity contribution < 1.29 is 4.79 Å². The van der Waals surface area contributed by atoms with E-state index >= 15 is 0 Å². The number of H-pyrrole nitrogens is 1. The molecule has 3 heterocycles. The molecule has 136 valence electrons. The van der Waals surface area contributed by atoms with Crippen molar-refractivity contribution in [3.05, 3.63) is 42.5 Å². The van der Waals surface area contributed by atoms with Crippen molar-refractivity contribution in [2.75, 3.05) is 18.8 Å². The van der Waals surface area contributed by atoms with Gasteiger partial charge in [-0.3, -0.25) is 4.79 Å². The minimum Gasteiger partial charge on any atom is -0.342 e. The summed E-state index contributed by atoms with van der Waals surface area (Å²) < 4.78 is 2.10. The van der Waals surface area contributed by atoms with E-state index < -0.39 is 0 Å². The number of piperidine rings is 1. The summed E-state index contributed by atoms with van der Waals surface area (Å²) in [5.41, 5.74) is 3.17. The maximum Gasteiger partial charge on any atom is 0.233 e. The Balaban J connectivity index is 1.33. The van der Waals surface area contributed by atoms with Crippen molar-refractivity contribution in [1.29, 1.82) is 0 Å². The highest BCUT2D eigenvalue weighted by molar-refractivity contribution is 7.99. The van der Waals surface area contributed by atoms with E-state index in [9.17, 15) is 4.79 Å². The number of aromatic nitrogens is 4. The van der Waals surface area contributed by atoms with Gasteiger partial charge in [0, 0.05) is 32.0 Å². The van der Waals surface area contributed by atoms with Gasteiger partial charge >= 0.3 is 0 Å². The van der Waals surface area contributed by atoms with Crippen LogP contribution >= 0.6 is 11.8 Å². The fourth-order valence-corrected chi connectivity index (χ4v) is 4.31. The first kappa shape index (κ1) is 17.1. The highest BCUT2D eigenvalue weighted by atomic mass is 32.2. The van der Waals surface area contributed by atoms with Gasteiger partial charge in [-0.2, -0.15) is 0 Å². The number of likely N-dealkylation sites (tertiary alicyclic amines) is 1. The molecule has 4 rings (SSSR count). The Morgan fingerprint density at radius 1 is 1.42 bits per heavy atom. The summed E-state index contributed by atoms with van der Waals surface area (Å²) in [7, 11) is 0. The lowest BCUT2D eigenvalue weighted by molar-refractivity contribution is -0.130. The molecule has 3 aromatic rings. The average molecular weight is 369 g/mol. The van der Waals surface area contributed by atoms with Crippen molar-refractivity contribution >= 4 is 28.7 Å². The number of aryl methyl sites for hydroxylation is 1. The number of imidazole rings is 2. The third-order valence-electron chi connectivity index (χ3n) is 4.85. The predicted octanol–water partition coefficient (Wildman–Crippen LogP) is 3.10. The lowest BCUT2D eigenvalue weighted by Crippen LogP contribution is -2.41. The van der Waals surface area contributed by atoms with E-state index in [4.69, 9.17) is 0 Å². The van der Waals surface area contributed by atoms with Crippen LogP contribution in [0.5, 0.6) is 0 Å². The van der Waals surface area contributed by atoms with Gasteiger partial charge in [-0.1, -0.05) is 17.8 Å². The normalized spacial score (nSPS) is 17.7. The molecular formula is C19H23N5OS. The molecule has 6 nitrogen and oxygen atoms in total. The molecule has 1 N–H and O–H groups in total. The molecule has 1 aromatic carbocycles. The monoisotopic (exact) mass is 369 g/mol. The topological polar surface area (TPSA) is 66.8 Å². The first-order valence-electron chi connectivity index (χ1n) is 9.00. The summed E-state index contributed by atoms with van der Waals surface area (Å²) in [6, 6.07) is 6.15. The fourth-order valence-electron chi connectivity index (χ4n) is 3.52. The molecule has 0 aliphatic carbocycles. The van der Waals surface area contributed by atoms with Gasteiger partial charge in [0.15, 0.2) is 5.16 Å². The molecule has 0 saturated carbocycles. The number of nitrogens with zero attached hydrogens (tertiary/aromatic N) is 4. The van der Waals surface area contributed by atoms with Crippen LogP contribution in [-0.4, -0.2) is 49.2 Å². The van der Waals surface area contributed by atoms with Gasteiger partial charge in [0.25, 0.3) is 0 Å². The molecule has 0 spiro atoms. The first-order valence-corrected chi connectivity index (χ1v) is 9.98. The van der Waals surface area contributed by atoms with E-state index in [2.05, 4.69) is 38.6 Å². The predicted molar refractivity (Wildman–Crippen MR) is 103 cm³/mol. The molecule has 1 atom stereocenters. The second-order valence-electron chi connectivity index (χ2n) is 6.96. The van der Waals surface area contributed by atoms with Crippen molar-refractivity contribution in [3.63, 3.8) is 0 Å². The lowest BCUT2D eigenvalue weighted by Gasteiger charge is -2.32. The van der Waals surface area contributed by atoms with Gasteiger partial charge in [0.2, 0.25) is 5.91 Å². The molecule has 2 aromatic heterocycles. The van der Waals surface area contributed by atoms with Crippen molar-refractivity contribution in [1.82, 2.24) is 24.4 Å². The number of carbonyl (C=O) groups excluding carboxylic acids is 1. The third-order valence-corrected chi connectivity index (χ3v) is 5.71. The van der Waals surface area contributed by atoms with Crippen molar-refractivity contribution in [2.45, 2.75) is 31.5 Å². The fraction of sp³-hybridized carbons (Fsp3) is 0.421. The molecule has 1 amide bonds. The Morgan fingerprint density at radius 3 is 3.19 bits per heavy atom. The van der Waals surface area contributed by atoms with E-state index in [0.29, 0.717) is 11.7 Å². The molecule has 1 aliphatic rings. The summed E-state index contributed by atoms with van der Waals surface area (Å²) in [4.78, 5) is 26.6. The van der Waals surface area contributed by atoms with Crippen LogP contribution in [0.4, 0.5) is 0 Å². The maximum absolute atomic E-state index is 12.6. The second kappa shape index (κ2) is 7.53. The zero-order valence-corrected chi connectivity index (χ0v) is 15.7. The van der Waals surface area contributed by atoms with Gasteiger partial charge in [-0.05, 0) is 43.4 Å². The van der Waals surface area contributed by atoms with E-state index in [1.807, 2.05) is 23.5 Å². The highest BCUT2D eigenvalue weighted by Crippen LogP contribution is 2.23. The summed E-state index contributed by atoms with van der Waals surface area (Å²) in [5.74, 6) is 1.12. The Bertz CT molecular complexity index is 889. The minimum absolute atomic E-state index is 0.196. The number of aromatic amines is 1. The Labute approximate surface area is 157 Å². The van der Waals surface area contributed by atoms with Crippen molar-refractivity contribution in [3.8, 4) is 0 Å². The zero-order chi connectivity index (χ0) is 17.9. The number of amides is 1. The van der Waals surface area contributed by atoms with Gasteiger partial charge in [0.1, 0.15) is 0 Å². The molecule has 0 bridgehead atoms. The van der Waals surface area contributed by atoms with Crippen LogP contribution in [0.2, 0.25) is 0 Å². The van der Waals surface area contributed by atoms with Crippen molar-refractivity contribution in [2.24, 2.45) is 5.92 Å². The number of hydrogen-bond donors (Lipinski definition) is 1. The minimum atomic E-state index is 0.196. The SMILES string of the molecule is Cc1ccc2nc(SCC(=O)N3CCC[C@@H](Cn4ccnc4)C3)[nH]c2c1. The number of nitrogens with one attached hydrogen (secondary N) is 1. The van der Waals surface area contributed by atoms with Crippen LogP contribution in [0.3, 0.4) is 0 Å². The number of benzene rings is 1. The largest absolute Gasteiger partial charge is 0.342 e. The number of rotatable bonds is 5. The Kier molecular flexibility index (Phi) is 4.97. The zero-order valence-electron chi connectivity index (χ0n) is 14.9. The number of hydrogen-bond acceptors (Lipinski definition) is 4. The molecule has 26 heavy (non-hydrogen) atoms. The van der Waals surface area contributed by atoms with Gasteiger partial charge in [0.05, 0.1) is 23.1 Å². The lowest BCUT2D eigenvalue weighted by atomic mass is 9.98.